The predicted octanol–water partition coefficient (Wildman–Crippen LogP) is 2.65. The van der Waals surface area contributed by atoms with Gasteiger partial charge in [0.15, 0.2) is 0 Å². The van der Waals surface area contributed by atoms with E-state index < -0.39 is 0 Å². The van der Waals surface area contributed by atoms with E-state index in [1.165, 1.54) is 0 Å². The van der Waals surface area contributed by atoms with Crippen molar-refractivity contribution in [1.82, 2.24) is 5.32 Å². The third-order valence-electron chi connectivity index (χ3n) is 2.88. The van der Waals surface area contributed by atoms with Crippen LogP contribution < -0.4 is 5.32 Å². The summed E-state index contributed by atoms with van der Waals surface area (Å²) in [7, 11) is 0. The summed E-state index contributed by atoms with van der Waals surface area (Å²) in [6.45, 7) is 1.96. The third kappa shape index (κ3) is 2.23. The number of carbonyl (C=O) groups excluding carboxylic acids is 1. The van der Waals surface area contributed by atoms with Crippen LogP contribution in [-0.4, -0.2) is 16.8 Å². The minimum Gasteiger partial charge on any atom is -0.346 e. The van der Waals surface area contributed by atoms with Crippen molar-refractivity contribution in [3.63, 3.8) is 0 Å². The van der Waals surface area contributed by atoms with Crippen LogP contribution in [0.15, 0.2) is 24.3 Å². The lowest BCUT2D eigenvalue weighted by atomic mass is 10.1. The van der Waals surface area contributed by atoms with Crippen LogP contribution in [0.1, 0.15) is 28.8 Å². The molecule has 1 aliphatic carbocycles. The first-order valence-electron chi connectivity index (χ1n) is 5.11. The number of hydrogen-bond acceptors (Lipinski definition) is 1. The minimum absolute atomic E-state index is 0.0271. The van der Waals surface area contributed by atoms with Crippen LogP contribution in [0.3, 0.4) is 0 Å². The molecule has 1 amide bonds. The molecule has 0 heterocycles. The molecule has 2 nitrogen and oxygen atoms in total. The van der Waals surface area contributed by atoms with Gasteiger partial charge in [-0.3, -0.25) is 4.79 Å². The largest absolute Gasteiger partial charge is 0.346 e. The summed E-state index contributed by atoms with van der Waals surface area (Å²) in [5.74, 6) is 0.0463. The molecule has 0 atom stereocenters. The summed E-state index contributed by atoms with van der Waals surface area (Å²) in [5, 5.41) is 3.93. The molecule has 0 spiro atoms. The van der Waals surface area contributed by atoms with Gasteiger partial charge in [0, 0.05) is 10.9 Å². The number of rotatable bonds is 3. The van der Waals surface area contributed by atoms with E-state index in [2.05, 4.69) is 21.2 Å². The van der Waals surface area contributed by atoms with E-state index in [0.717, 1.165) is 29.3 Å². The number of amides is 1. The number of hydrogen-bond donors (Lipinski definition) is 1. The Labute approximate surface area is 98.2 Å². The highest BCUT2D eigenvalue weighted by Gasteiger charge is 2.43. The second-order valence-corrected chi connectivity index (χ2v) is 4.74. The molecular weight excluding hydrogens is 254 g/mol. The highest BCUT2D eigenvalue weighted by atomic mass is 79.9. The average molecular weight is 268 g/mol. The topological polar surface area (TPSA) is 29.1 Å². The van der Waals surface area contributed by atoms with Crippen LogP contribution in [0, 0.1) is 6.92 Å². The van der Waals surface area contributed by atoms with Crippen molar-refractivity contribution in [3.05, 3.63) is 35.4 Å². The lowest BCUT2D eigenvalue weighted by Gasteiger charge is -2.15. The average Bonchev–Trinajstić information content (AvgIpc) is 2.99. The second kappa shape index (κ2) is 3.97. The van der Waals surface area contributed by atoms with E-state index in [9.17, 15) is 4.79 Å². The molecule has 0 aromatic heterocycles. The molecule has 0 unspecified atom stereocenters. The number of aryl methyl sites for hydroxylation is 1. The van der Waals surface area contributed by atoms with Gasteiger partial charge in [0.2, 0.25) is 0 Å². The van der Waals surface area contributed by atoms with Gasteiger partial charge in [-0.05, 0) is 31.4 Å². The van der Waals surface area contributed by atoms with Gasteiger partial charge in [0.1, 0.15) is 0 Å². The summed E-state index contributed by atoms with van der Waals surface area (Å²) in [4.78, 5) is 11.9. The van der Waals surface area contributed by atoms with Crippen molar-refractivity contribution < 1.29 is 4.79 Å². The molecule has 3 heteroatoms. The fraction of sp³-hybridized carbons (Fsp3) is 0.417. The first-order valence-corrected chi connectivity index (χ1v) is 6.23. The van der Waals surface area contributed by atoms with Gasteiger partial charge in [-0.25, -0.2) is 0 Å². The Kier molecular flexibility index (Phi) is 2.83. The predicted molar refractivity (Wildman–Crippen MR) is 64.4 cm³/mol. The van der Waals surface area contributed by atoms with Crippen LogP contribution in [0.2, 0.25) is 0 Å². The van der Waals surface area contributed by atoms with Crippen molar-refractivity contribution in [2.45, 2.75) is 25.3 Å². The Hall–Kier alpha value is -0.830. The van der Waals surface area contributed by atoms with Crippen molar-refractivity contribution in [2.75, 3.05) is 5.33 Å². The monoisotopic (exact) mass is 267 g/mol. The van der Waals surface area contributed by atoms with E-state index in [-0.39, 0.29) is 11.4 Å². The smallest absolute Gasteiger partial charge is 0.252 e. The number of alkyl halides is 1. The summed E-state index contributed by atoms with van der Waals surface area (Å²) >= 11 is 3.44. The van der Waals surface area contributed by atoms with Crippen LogP contribution in [0.4, 0.5) is 0 Å². The van der Waals surface area contributed by atoms with Gasteiger partial charge in [-0.1, -0.05) is 34.1 Å². The molecule has 0 radical (unpaired) electrons. The fourth-order valence-corrected chi connectivity index (χ4v) is 2.28. The van der Waals surface area contributed by atoms with Crippen LogP contribution >= 0.6 is 15.9 Å². The molecule has 0 aliphatic heterocycles. The Morgan fingerprint density at radius 2 is 2.13 bits per heavy atom. The van der Waals surface area contributed by atoms with Gasteiger partial charge >= 0.3 is 0 Å². The number of benzene rings is 1. The fourth-order valence-electron chi connectivity index (χ4n) is 1.58. The number of carbonyl (C=O) groups is 1. The maximum absolute atomic E-state index is 11.9. The molecule has 1 N–H and O–H groups in total. The van der Waals surface area contributed by atoms with E-state index in [4.69, 9.17) is 0 Å². The van der Waals surface area contributed by atoms with E-state index in [0.29, 0.717) is 0 Å². The second-order valence-electron chi connectivity index (χ2n) is 4.18. The molecule has 80 valence electrons. The van der Waals surface area contributed by atoms with E-state index in [1.807, 2.05) is 31.2 Å². The highest BCUT2D eigenvalue weighted by Crippen LogP contribution is 2.37. The SMILES string of the molecule is Cc1ccccc1C(=O)NC1(CBr)CC1. The third-order valence-corrected chi connectivity index (χ3v) is 3.95. The lowest BCUT2D eigenvalue weighted by molar-refractivity contribution is 0.0936. The van der Waals surface area contributed by atoms with Crippen molar-refractivity contribution in [1.29, 1.82) is 0 Å². The molecule has 1 saturated carbocycles. The summed E-state index contributed by atoms with van der Waals surface area (Å²) in [5.41, 5.74) is 1.84. The number of halogens is 1. The Bertz CT molecular complexity index is 385. The molecule has 15 heavy (non-hydrogen) atoms. The van der Waals surface area contributed by atoms with Crippen molar-refractivity contribution in [2.24, 2.45) is 0 Å². The first kappa shape index (κ1) is 10.7. The summed E-state index contributed by atoms with van der Waals surface area (Å²) in [6, 6.07) is 7.68. The molecule has 2 rings (SSSR count). The summed E-state index contributed by atoms with van der Waals surface area (Å²) < 4.78 is 0. The molecule has 1 aliphatic rings. The highest BCUT2D eigenvalue weighted by molar-refractivity contribution is 9.09. The lowest BCUT2D eigenvalue weighted by Crippen LogP contribution is -2.38. The molecule has 0 saturated heterocycles. The van der Waals surface area contributed by atoms with E-state index >= 15 is 0 Å². The van der Waals surface area contributed by atoms with Gasteiger partial charge in [0.05, 0.1) is 5.54 Å². The molecule has 0 bridgehead atoms. The van der Waals surface area contributed by atoms with Gasteiger partial charge in [-0.15, -0.1) is 0 Å². The molecule has 1 aromatic rings. The maximum atomic E-state index is 11.9. The zero-order chi connectivity index (χ0) is 10.9. The standard InChI is InChI=1S/C12H14BrNO/c1-9-4-2-3-5-10(9)11(15)14-12(8-13)6-7-12/h2-5H,6-8H2,1H3,(H,14,15). The normalized spacial score (nSPS) is 17.2. The van der Waals surface area contributed by atoms with Gasteiger partial charge in [-0.2, -0.15) is 0 Å². The first-order chi connectivity index (χ1) is 7.17. The number of nitrogens with one attached hydrogen (secondary N) is 1. The molecular formula is C12H14BrNO. The maximum Gasteiger partial charge on any atom is 0.252 e. The van der Waals surface area contributed by atoms with Gasteiger partial charge < -0.3 is 5.32 Å². The molecule has 1 fully saturated rings. The Morgan fingerprint density at radius 1 is 1.47 bits per heavy atom. The van der Waals surface area contributed by atoms with Gasteiger partial charge in [0.25, 0.3) is 5.91 Å². The van der Waals surface area contributed by atoms with E-state index in [1.54, 1.807) is 0 Å². The van der Waals surface area contributed by atoms with Crippen LogP contribution in [0.25, 0.3) is 0 Å². The van der Waals surface area contributed by atoms with Crippen LogP contribution in [-0.2, 0) is 0 Å². The quantitative estimate of drug-likeness (QED) is 0.839. The molecule has 1 aromatic carbocycles. The minimum atomic E-state index is 0.0271. The van der Waals surface area contributed by atoms with Crippen LogP contribution in [0.5, 0.6) is 0 Å². The Balaban J connectivity index is 2.12. The zero-order valence-electron chi connectivity index (χ0n) is 8.72. The zero-order valence-corrected chi connectivity index (χ0v) is 10.3. The summed E-state index contributed by atoms with van der Waals surface area (Å²) in [6.07, 6.45) is 2.16. The Morgan fingerprint density at radius 3 is 2.67 bits per heavy atom. The van der Waals surface area contributed by atoms with Crippen molar-refractivity contribution in [3.8, 4) is 0 Å². The van der Waals surface area contributed by atoms with Crippen molar-refractivity contribution >= 4 is 21.8 Å².